The number of hydrogen-bond donors (Lipinski definition) is 0. The van der Waals surface area contributed by atoms with Gasteiger partial charge in [-0.15, -0.1) is 0 Å². The second-order valence-electron chi connectivity index (χ2n) is 4.40. The van der Waals surface area contributed by atoms with Crippen LogP contribution < -0.4 is 0 Å². The highest BCUT2D eigenvalue weighted by molar-refractivity contribution is 4.85. The van der Waals surface area contributed by atoms with E-state index in [1.54, 1.807) is 9.80 Å². The molecular weight excluding hydrogens is 205 g/mol. The Morgan fingerprint density at radius 1 is 0.733 bits per heavy atom. The molecule has 88 valence electrons. The number of likely N-dealkylation sites (tertiary alicyclic amines) is 2. The molecule has 5 heteroatoms. The normalized spacial score (nSPS) is 25.6. The number of halogens is 3. The van der Waals surface area contributed by atoms with Crippen LogP contribution in [-0.4, -0.2) is 48.3 Å². The molecule has 0 aromatic rings. The van der Waals surface area contributed by atoms with Crippen LogP contribution in [0.15, 0.2) is 0 Å². The largest absolute Gasteiger partial charge is 0.417 e. The van der Waals surface area contributed by atoms with Gasteiger partial charge in [0.25, 0.3) is 0 Å². The minimum atomic E-state index is -4.10. The molecule has 0 spiro atoms. The fourth-order valence-corrected chi connectivity index (χ4v) is 2.62. The monoisotopic (exact) mass is 222 g/mol. The molecule has 2 heterocycles. The van der Waals surface area contributed by atoms with E-state index in [4.69, 9.17) is 0 Å². The minimum absolute atomic E-state index is 0.598. The Morgan fingerprint density at radius 2 is 1.07 bits per heavy atom. The van der Waals surface area contributed by atoms with Crippen LogP contribution in [0.1, 0.15) is 25.7 Å². The molecule has 0 saturated carbocycles. The predicted octanol–water partition coefficient (Wildman–Crippen LogP) is 2.07. The maximum atomic E-state index is 12.9. The van der Waals surface area contributed by atoms with Crippen LogP contribution in [0.2, 0.25) is 0 Å². The maximum absolute atomic E-state index is 12.9. The first kappa shape index (κ1) is 11.2. The molecule has 0 unspecified atom stereocenters. The summed E-state index contributed by atoms with van der Waals surface area (Å²) in [4.78, 5) is 3.18. The highest BCUT2D eigenvalue weighted by Crippen LogP contribution is 2.31. The Hall–Kier alpha value is -0.290. The highest BCUT2D eigenvalue weighted by atomic mass is 19.4. The Labute approximate surface area is 88.0 Å². The molecule has 0 aromatic heterocycles. The van der Waals surface area contributed by atoms with Crippen molar-refractivity contribution >= 4 is 0 Å². The van der Waals surface area contributed by atoms with Crippen LogP contribution in [0.3, 0.4) is 0 Å². The lowest BCUT2D eigenvalue weighted by molar-refractivity contribution is -0.220. The highest BCUT2D eigenvalue weighted by Gasteiger charge is 2.48. The topological polar surface area (TPSA) is 6.48 Å². The van der Waals surface area contributed by atoms with Crippen molar-refractivity contribution in [2.45, 2.75) is 38.0 Å². The van der Waals surface area contributed by atoms with Crippen LogP contribution in [0.25, 0.3) is 0 Å². The lowest BCUT2D eigenvalue weighted by Crippen LogP contribution is -2.54. The summed E-state index contributed by atoms with van der Waals surface area (Å²) in [5.74, 6) is 0. The predicted molar refractivity (Wildman–Crippen MR) is 51.5 cm³/mol. The molecule has 0 N–H and O–H groups in total. The molecular formula is C10H17F3N2. The first-order valence-electron chi connectivity index (χ1n) is 5.64. The van der Waals surface area contributed by atoms with Gasteiger partial charge in [-0.1, -0.05) is 0 Å². The first-order valence-corrected chi connectivity index (χ1v) is 5.64. The van der Waals surface area contributed by atoms with Crippen LogP contribution in [0.5, 0.6) is 0 Å². The lowest BCUT2D eigenvalue weighted by Gasteiger charge is -2.36. The van der Waals surface area contributed by atoms with Crippen LogP contribution in [0, 0.1) is 0 Å². The van der Waals surface area contributed by atoms with E-state index in [-0.39, 0.29) is 0 Å². The molecule has 0 aliphatic carbocycles. The van der Waals surface area contributed by atoms with Crippen molar-refractivity contribution in [1.29, 1.82) is 0 Å². The molecule has 0 atom stereocenters. The Balaban J connectivity index is 2.07. The molecule has 0 aromatic carbocycles. The average Bonchev–Trinajstić information content (AvgIpc) is 2.73. The third-order valence-electron chi connectivity index (χ3n) is 3.27. The van der Waals surface area contributed by atoms with Crippen LogP contribution in [0.4, 0.5) is 13.2 Å². The van der Waals surface area contributed by atoms with Gasteiger partial charge in [-0.05, 0) is 51.9 Å². The second kappa shape index (κ2) is 4.29. The number of hydrogen-bond acceptors (Lipinski definition) is 2. The first-order chi connectivity index (χ1) is 7.09. The zero-order chi connectivity index (χ0) is 10.9. The summed E-state index contributed by atoms with van der Waals surface area (Å²) in [6.45, 7) is 2.39. The number of alkyl halides is 3. The van der Waals surface area contributed by atoms with Crippen LogP contribution in [-0.2, 0) is 0 Å². The third-order valence-corrected chi connectivity index (χ3v) is 3.27. The van der Waals surface area contributed by atoms with Crippen LogP contribution >= 0.6 is 0 Å². The standard InChI is InChI=1S/C10H17F3N2/c11-10(12,13)9(14-5-1-2-6-14)15-7-3-4-8-15/h9H,1-8H2. The van der Waals surface area contributed by atoms with Gasteiger partial charge in [-0.2, -0.15) is 13.2 Å². The van der Waals surface area contributed by atoms with E-state index < -0.39 is 12.3 Å². The fourth-order valence-electron chi connectivity index (χ4n) is 2.62. The number of nitrogens with zero attached hydrogens (tertiary/aromatic N) is 2. The van der Waals surface area contributed by atoms with E-state index in [1.807, 2.05) is 0 Å². The van der Waals surface area contributed by atoms with Crippen molar-refractivity contribution in [2.24, 2.45) is 0 Å². The molecule has 2 rings (SSSR count). The average molecular weight is 222 g/mol. The van der Waals surface area contributed by atoms with E-state index in [2.05, 4.69) is 0 Å². The summed E-state index contributed by atoms with van der Waals surface area (Å²) in [6.07, 6.45) is -1.81. The van der Waals surface area contributed by atoms with E-state index in [1.165, 1.54) is 0 Å². The van der Waals surface area contributed by atoms with Crippen molar-refractivity contribution in [3.05, 3.63) is 0 Å². The Bertz CT molecular complexity index is 189. The SMILES string of the molecule is FC(F)(F)C(N1CCCC1)N1CCCC1. The van der Waals surface area contributed by atoms with Gasteiger partial charge in [0, 0.05) is 0 Å². The Morgan fingerprint density at radius 3 is 1.33 bits per heavy atom. The summed E-state index contributed by atoms with van der Waals surface area (Å²) in [5.41, 5.74) is 0. The molecule has 2 aliphatic heterocycles. The molecule has 2 nitrogen and oxygen atoms in total. The van der Waals surface area contributed by atoms with Gasteiger partial charge in [0.15, 0.2) is 6.17 Å². The maximum Gasteiger partial charge on any atom is 0.417 e. The van der Waals surface area contributed by atoms with Crippen molar-refractivity contribution in [1.82, 2.24) is 9.80 Å². The van der Waals surface area contributed by atoms with Gasteiger partial charge in [0.05, 0.1) is 0 Å². The summed E-state index contributed by atoms with van der Waals surface area (Å²) in [7, 11) is 0. The van der Waals surface area contributed by atoms with Gasteiger partial charge in [-0.25, -0.2) is 0 Å². The van der Waals surface area contributed by atoms with Crippen molar-refractivity contribution in [3.8, 4) is 0 Å². The zero-order valence-corrected chi connectivity index (χ0v) is 8.76. The molecule has 0 amide bonds. The van der Waals surface area contributed by atoms with Crippen molar-refractivity contribution in [2.75, 3.05) is 26.2 Å². The molecule has 15 heavy (non-hydrogen) atoms. The molecule has 2 aliphatic rings. The van der Waals surface area contributed by atoms with Crippen molar-refractivity contribution < 1.29 is 13.2 Å². The smallest absolute Gasteiger partial charge is 0.280 e. The molecule has 2 saturated heterocycles. The quantitative estimate of drug-likeness (QED) is 0.705. The van der Waals surface area contributed by atoms with E-state index >= 15 is 0 Å². The summed E-state index contributed by atoms with van der Waals surface area (Å²) < 4.78 is 38.8. The summed E-state index contributed by atoms with van der Waals surface area (Å²) in [5, 5.41) is 0. The third kappa shape index (κ3) is 2.45. The second-order valence-corrected chi connectivity index (χ2v) is 4.40. The minimum Gasteiger partial charge on any atom is -0.280 e. The van der Waals surface area contributed by atoms with Gasteiger partial charge < -0.3 is 0 Å². The fraction of sp³-hybridized carbons (Fsp3) is 1.00. The number of rotatable bonds is 2. The molecule has 2 fully saturated rings. The van der Waals surface area contributed by atoms with E-state index in [9.17, 15) is 13.2 Å². The van der Waals surface area contributed by atoms with Gasteiger partial charge in [-0.3, -0.25) is 9.80 Å². The van der Waals surface area contributed by atoms with Crippen molar-refractivity contribution in [3.63, 3.8) is 0 Å². The van der Waals surface area contributed by atoms with Gasteiger partial charge in [0.2, 0.25) is 0 Å². The Kier molecular flexibility index (Phi) is 3.21. The van der Waals surface area contributed by atoms with Gasteiger partial charge >= 0.3 is 6.18 Å². The molecule has 0 bridgehead atoms. The summed E-state index contributed by atoms with van der Waals surface area (Å²) >= 11 is 0. The molecule has 0 radical (unpaired) electrons. The zero-order valence-electron chi connectivity index (χ0n) is 8.76. The summed E-state index contributed by atoms with van der Waals surface area (Å²) in [6, 6.07) is 0. The lowest BCUT2D eigenvalue weighted by atomic mass is 10.3. The van der Waals surface area contributed by atoms with E-state index in [0.29, 0.717) is 26.2 Å². The van der Waals surface area contributed by atoms with Gasteiger partial charge in [0.1, 0.15) is 0 Å². The van der Waals surface area contributed by atoms with E-state index in [0.717, 1.165) is 25.7 Å².